The molecule has 4 nitrogen and oxygen atoms in total. The zero-order valence-corrected chi connectivity index (χ0v) is 9.66. The maximum Gasteiger partial charge on any atom is 0.131 e. The lowest BCUT2D eigenvalue weighted by Gasteiger charge is -2.33. The molecule has 4 atom stereocenters. The van der Waals surface area contributed by atoms with Gasteiger partial charge < -0.3 is 14.8 Å². The molecule has 2 saturated heterocycles. The van der Waals surface area contributed by atoms with Gasteiger partial charge in [0.1, 0.15) is 6.23 Å². The summed E-state index contributed by atoms with van der Waals surface area (Å²) in [4.78, 5) is 0. The number of rotatable bonds is 3. The molecule has 4 heteroatoms. The van der Waals surface area contributed by atoms with Crippen molar-refractivity contribution in [2.75, 3.05) is 26.3 Å². The fourth-order valence-corrected chi connectivity index (χ4v) is 2.16. The SMILES string of the molecule is CC1CC(OCC2NCCO2)CNC1C. The first-order chi connectivity index (χ1) is 7.25. The highest BCUT2D eigenvalue weighted by Gasteiger charge is 2.25. The van der Waals surface area contributed by atoms with Crippen LogP contribution in [0.2, 0.25) is 0 Å². The first kappa shape index (κ1) is 11.3. The lowest BCUT2D eigenvalue weighted by Crippen LogP contribution is -2.47. The van der Waals surface area contributed by atoms with Crippen molar-refractivity contribution in [2.45, 2.75) is 38.6 Å². The summed E-state index contributed by atoms with van der Waals surface area (Å²) in [5.74, 6) is 0.696. The zero-order chi connectivity index (χ0) is 10.7. The molecule has 0 aromatic carbocycles. The van der Waals surface area contributed by atoms with Gasteiger partial charge in [0.25, 0.3) is 0 Å². The molecule has 4 unspecified atom stereocenters. The molecule has 2 fully saturated rings. The third kappa shape index (κ3) is 3.14. The molecule has 0 aliphatic carbocycles. The van der Waals surface area contributed by atoms with Crippen molar-refractivity contribution in [1.82, 2.24) is 10.6 Å². The summed E-state index contributed by atoms with van der Waals surface area (Å²) in [5.41, 5.74) is 0. The van der Waals surface area contributed by atoms with Gasteiger partial charge in [0.2, 0.25) is 0 Å². The average Bonchev–Trinajstić information content (AvgIpc) is 2.73. The Balaban J connectivity index is 1.66. The Morgan fingerprint density at radius 1 is 1.33 bits per heavy atom. The lowest BCUT2D eigenvalue weighted by molar-refractivity contribution is -0.0432. The molecule has 0 radical (unpaired) electrons. The predicted octanol–water partition coefficient (Wildman–Crippen LogP) is 0.335. The van der Waals surface area contributed by atoms with Crippen LogP contribution in [0.5, 0.6) is 0 Å². The van der Waals surface area contributed by atoms with Crippen molar-refractivity contribution in [3.8, 4) is 0 Å². The van der Waals surface area contributed by atoms with E-state index in [1.807, 2.05) is 0 Å². The van der Waals surface area contributed by atoms with Gasteiger partial charge in [-0.05, 0) is 19.3 Å². The largest absolute Gasteiger partial charge is 0.373 e. The molecule has 2 heterocycles. The predicted molar refractivity (Wildman–Crippen MR) is 58.7 cm³/mol. The summed E-state index contributed by atoms with van der Waals surface area (Å²) in [5, 5.41) is 6.72. The normalized spacial score (nSPS) is 42.0. The van der Waals surface area contributed by atoms with Crippen molar-refractivity contribution >= 4 is 0 Å². The number of ether oxygens (including phenoxy) is 2. The van der Waals surface area contributed by atoms with E-state index in [2.05, 4.69) is 24.5 Å². The molecule has 2 aliphatic rings. The van der Waals surface area contributed by atoms with Crippen LogP contribution in [0.15, 0.2) is 0 Å². The second-order valence-electron chi connectivity index (χ2n) is 4.68. The smallest absolute Gasteiger partial charge is 0.131 e. The zero-order valence-electron chi connectivity index (χ0n) is 9.66. The van der Waals surface area contributed by atoms with Crippen molar-refractivity contribution in [3.05, 3.63) is 0 Å². The van der Waals surface area contributed by atoms with Gasteiger partial charge in [-0.15, -0.1) is 0 Å². The van der Waals surface area contributed by atoms with Crippen molar-refractivity contribution in [2.24, 2.45) is 5.92 Å². The highest BCUT2D eigenvalue weighted by Crippen LogP contribution is 2.18. The minimum Gasteiger partial charge on any atom is -0.373 e. The molecule has 0 saturated carbocycles. The van der Waals surface area contributed by atoms with Gasteiger partial charge in [-0.3, -0.25) is 5.32 Å². The Labute approximate surface area is 91.7 Å². The molecular formula is C11H22N2O2. The molecule has 0 spiro atoms. The van der Waals surface area contributed by atoms with Gasteiger partial charge in [0.15, 0.2) is 0 Å². The van der Waals surface area contributed by atoms with Gasteiger partial charge in [0.05, 0.1) is 19.3 Å². The van der Waals surface area contributed by atoms with E-state index in [0.717, 1.165) is 26.1 Å². The molecule has 0 aromatic rings. The third-order valence-electron chi connectivity index (χ3n) is 3.43. The van der Waals surface area contributed by atoms with Gasteiger partial charge >= 0.3 is 0 Å². The first-order valence-corrected chi connectivity index (χ1v) is 5.95. The molecule has 0 amide bonds. The second-order valence-corrected chi connectivity index (χ2v) is 4.68. The molecule has 88 valence electrons. The topological polar surface area (TPSA) is 42.5 Å². The second kappa shape index (κ2) is 5.25. The van der Waals surface area contributed by atoms with E-state index in [-0.39, 0.29) is 6.23 Å². The van der Waals surface area contributed by atoms with Crippen LogP contribution in [-0.4, -0.2) is 44.7 Å². The summed E-state index contributed by atoms with van der Waals surface area (Å²) in [6.45, 7) is 7.92. The van der Waals surface area contributed by atoms with Gasteiger partial charge in [-0.1, -0.05) is 6.92 Å². The van der Waals surface area contributed by atoms with Gasteiger partial charge in [0, 0.05) is 19.1 Å². The highest BCUT2D eigenvalue weighted by atomic mass is 16.6. The highest BCUT2D eigenvalue weighted by molar-refractivity contribution is 4.80. The van der Waals surface area contributed by atoms with Gasteiger partial charge in [-0.25, -0.2) is 0 Å². The minimum atomic E-state index is 0.111. The summed E-state index contributed by atoms with van der Waals surface area (Å²) >= 11 is 0. The molecule has 2 rings (SSSR count). The maximum atomic E-state index is 5.84. The van der Waals surface area contributed by atoms with Crippen LogP contribution in [0, 0.1) is 5.92 Å². The van der Waals surface area contributed by atoms with Crippen LogP contribution in [0.1, 0.15) is 20.3 Å². The number of piperidine rings is 1. The van der Waals surface area contributed by atoms with Gasteiger partial charge in [-0.2, -0.15) is 0 Å². The van der Waals surface area contributed by atoms with Crippen LogP contribution in [0.25, 0.3) is 0 Å². The maximum absolute atomic E-state index is 5.84. The standard InChI is InChI=1S/C11H22N2O2/c1-8-5-10(6-13-9(8)2)15-7-11-12-3-4-14-11/h8-13H,3-7H2,1-2H3. The monoisotopic (exact) mass is 214 g/mol. The minimum absolute atomic E-state index is 0.111. The Morgan fingerprint density at radius 3 is 2.87 bits per heavy atom. The van der Waals surface area contributed by atoms with Crippen molar-refractivity contribution < 1.29 is 9.47 Å². The van der Waals surface area contributed by atoms with Crippen LogP contribution >= 0.6 is 0 Å². The number of nitrogens with one attached hydrogen (secondary N) is 2. The van der Waals surface area contributed by atoms with E-state index >= 15 is 0 Å². The summed E-state index contributed by atoms with van der Waals surface area (Å²) < 4.78 is 11.3. The fourth-order valence-electron chi connectivity index (χ4n) is 2.16. The number of hydrogen-bond acceptors (Lipinski definition) is 4. The molecule has 2 N–H and O–H groups in total. The Kier molecular flexibility index (Phi) is 3.97. The van der Waals surface area contributed by atoms with E-state index in [1.54, 1.807) is 0 Å². The van der Waals surface area contributed by atoms with Crippen LogP contribution < -0.4 is 10.6 Å². The molecule has 0 bridgehead atoms. The van der Waals surface area contributed by atoms with E-state index in [4.69, 9.17) is 9.47 Å². The van der Waals surface area contributed by atoms with Crippen molar-refractivity contribution in [1.29, 1.82) is 0 Å². The average molecular weight is 214 g/mol. The lowest BCUT2D eigenvalue weighted by atomic mass is 9.92. The Morgan fingerprint density at radius 2 is 2.20 bits per heavy atom. The summed E-state index contributed by atoms with van der Waals surface area (Å²) in [6, 6.07) is 0.616. The van der Waals surface area contributed by atoms with E-state index in [1.165, 1.54) is 0 Å². The molecular weight excluding hydrogens is 192 g/mol. The third-order valence-corrected chi connectivity index (χ3v) is 3.43. The summed E-state index contributed by atoms with van der Waals surface area (Å²) in [7, 11) is 0. The fraction of sp³-hybridized carbons (Fsp3) is 1.00. The Hall–Kier alpha value is -0.160. The van der Waals surface area contributed by atoms with E-state index in [9.17, 15) is 0 Å². The quantitative estimate of drug-likeness (QED) is 0.711. The molecule has 15 heavy (non-hydrogen) atoms. The molecule has 2 aliphatic heterocycles. The first-order valence-electron chi connectivity index (χ1n) is 5.95. The van der Waals surface area contributed by atoms with E-state index < -0.39 is 0 Å². The van der Waals surface area contributed by atoms with Crippen molar-refractivity contribution in [3.63, 3.8) is 0 Å². The Bertz CT molecular complexity index is 195. The van der Waals surface area contributed by atoms with Crippen LogP contribution in [0.3, 0.4) is 0 Å². The van der Waals surface area contributed by atoms with Crippen LogP contribution in [-0.2, 0) is 9.47 Å². The van der Waals surface area contributed by atoms with Crippen LogP contribution in [0.4, 0.5) is 0 Å². The molecule has 0 aromatic heterocycles. The summed E-state index contributed by atoms with van der Waals surface area (Å²) in [6.07, 6.45) is 1.61. The van der Waals surface area contributed by atoms with E-state index in [0.29, 0.717) is 24.7 Å². The number of hydrogen-bond donors (Lipinski definition) is 2.